The van der Waals surface area contributed by atoms with Crippen molar-refractivity contribution in [1.82, 2.24) is 16.0 Å². The van der Waals surface area contributed by atoms with E-state index in [9.17, 15) is 34.2 Å². The van der Waals surface area contributed by atoms with Crippen LogP contribution in [-0.4, -0.2) is 81.8 Å². The third kappa shape index (κ3) is 8.85. The zero-order chi connectivity index (χ0) is 22.9. The molecule has 0 spiro atoms. The molecular weight excluding hydrogens is 390 g/mol. The number of nitrogens with two attached hydrogens (primary N) is 2. The highest BCUT2D eigenvalue weighted by Crippen LogP contribution is 2.02. The minimum absolute atomic E-state index is 0.267. The summed E-state index contributed by atoms with van der Waals surface area (Å²) in [7, 11) is 0. The number of carboxylic acids is 1. The van der Waals surface area contributed by atoms with Crippen molar-refractivity contribution in [2.45, 2.75) is 57.5 Å². The minimum Gasteiger partial charge on any atom is -0.480 e. The molecule has 0 bridgehead atoms. The molecule has 166 valence electrons. The summed E-state index contributed by atoms with van der Waals surface area (Å²) in [5.74, 6) is -5.57. The highest BCUT2D eigenvalue weighted by Gasteiger charge is 2.32. The van der Waals surface area contributed by atoms with E-state index in [1.165, 1.54) is 0 Å². The Bertz CT molecular complexity index is 624. The SMILES string of the molecule is CC(C)C(N)C(=O)NC(CC(N)=O)C(=O)NC(CO)C(=O)NC(C(=O)O)C(C)O. The van der Waals surface area contributed by atoms with Gasteiger partial charge in [-0.15, -0.1) is 0 Å². The largest absolute Gasteiger partial charge is 0.480 e. The maximum Gasteiger partial charge on any atom is 0.328 e. The number of carboxylic acid groups (broad SMARTS) is 1. The van der Waals surface area contributed by atoms with Gasteiger partial charge in [0.05, 0.1) is 25.2 Å². The van der Waals surface area contributed by atoms with E-state index in [1.807, 2.05) is 5.32 Å². The Balaban J connectivity index is 5.27. The van der Waals surface area contributed by atoms with E-state index >= 15 is 0 Å². The number of primary amides is 1. The lowest BCUT2D eigenvalue weighted by Gasteiger charge is -2.25. The van der Waals surface area contributed by atoms with E-state index in [-0.39, 0.29) is 5.92 Å². The number of carbonyl (C=O) groups excluding carboxylic acids is 4. The van der Waals surface area contributed by atoms with Gasteiger partial charge < -0.3 is 42.7 Å². The van der Waals surface area contributed by atoms with E-state index in [4.69, 9.17) is 16.6 Å². The first-order chi connectivity index (χ1) is 13.3. The standard InChI is InChI=1S/C16H29N5O8/c1-6(2)11(18)15(27)19-8(4-10(17)24)13(25)20-9(5-22)14(26)21-12(7(3)23)16(28)29/h6-9,11-12,22-23H,4-5,18H2,1-3H3,(H2,17,24)(H,19,27)(H,20,25)(H,21,26)(H,28,29). The van der Waals surface area contributed by atoms with Gasteiger partial charge in [-0.05, 0) is 12.8 Å². The van der Waals surface area contributed by atoms with E-state index in [0.29, 0.717) is 0 Å². The van der Waals surface area contributed by atoms with Gasteiger partial charge >= 0.3 is 5.97 Å². The number of aliphatic carboxylic acids is 1. The number of aliphatic hydroxyl groups is 2. The average molecular weight is 419 g/mol. The average Bonchev–Trinajstić information content (AvgIpc) is 2.61. The molecule has 0 radical (unpaired) electrons. The number of nitrogens with one attached hydrogen (secondary N) is 3. The lowest BCUT2D eigenvalue weighted by molar-refractivity contribution is -0.145. The van der Waals surface area contributed by atoms with Crippen molar-refractivity contribution in [3.05, 3.63) is 0 Å². The van der Waals surface area contributed by atoms with E-state index in [2.05, 4.69) is 10.6 Å². The van der Waals surface area contributed by atoms with Crippen LogP contribution >= 0.6 is 0 Å². The van der Waals surface area contributed by atoms with Gasteiger partial charge in [0.15, 0.2) is 6.04 Å². The molecule has 4 amide bonds. The Morgan fingerprint density at radius 1 is 0.897 bits per heavy atom. The smallest absolute Gasteiger partial charge is 0.328 e. The van der Waals surface area contributed by atoms with Crippen molar-refractivity contribution in [2.24, 2.45) is 17.4 Å². The van der Waals surface area contributed by atoms with E-state index < -0.39 is 72.9 Å². The third-order valence-electron chi connectivity index (χ3n) is 3.92. The van der Waals surface area contributed by atoms with Crippen LogP contribution in [0.4, 0.5) is 0 Å². The summed E-state index contributed by atoms with van der Waals surface area (Å²) in [4.78, 5) is 58.9. The van der Waals surface area contributed by atoms with E-state index in [1.54, 1.807) is 13.8 Å². The maximum absolute atomic E-state index is 12.4. The van der Waals surface area contributed by atoms with Crippen LogP contribution in [0.5, 0.6) is 0 Å². The summed E-state index contributed by atoms with van der Waals surface area (Å²) in [5.41, 5.74) is 10.8. The van der Waals surface area contributed by atoms with Crippen LogP contribution < -0.4 is 27.4 Å². The summed E-state index contributed by atoms with van der Waals surface area (Å²) >= 11 is 0. The van der Waals surface area contributed by atoms with Crippen molar-refractivity contribution in [3.8, 4) is 0 Å². The minimum atomic E-state index is -1.68. The van der Waals surface area contributed by atoms with Crippen LogP contribution in [0.1, 0.15) is 27.2 Å². The fourth-order valence-electron chi connectivity index (χ4n) is 2.09. The number of carbonyl (C=O) groups is 5. The summed E-state index contributed by atoms with van der Waals surface area (Å²) in [6, 6.07) is -5.75. The molecule has 13 nitrogen and oxygen atoms in total. The first-order valence-corrected chi connectivity index (χ1v) is 8.78. The van der Waals surface area contributed by atoms with Crippen molar-refractivity contribution in [3.63, 3.8) is 0 Å². The normalized spacial score (nSPS) is 16.1. The van der Waals surface area contributed by atoms with Crippen molar-refractivity contribution < 1.29 is 39.3 Å². The Morgan fingerprint density at radius 2 is 1.38 bits per heavy atom. The second kappa shape index (κ2) is 11.9. The van der Waals surface area contributed by atoms with Gasteiger partial charge in [-0.25, -0.2) is 4.79 Å². The van der Waals surface area contributed by atoms with Gasteiger partial charge in [0.1, 0.15) is 12.1 Å². The van der Waals surface area contributed by atoms with Crippen LogP contribution in [0.2, 0.25) is 0 Å². The second-order valence-corrected chi connectivity index (χ2v) is 6.81. The predicted octanol–water partition coefficient (Wildman–Crippen LogP) is -4.24. The topological polar surface area (TPSA) is 234 Å². The summed E-state index contributed by atoms with van der Waals surface area (Å²) in [6.45, 7) is 3.54. The van der Waals surface area contributed by atoms with Crippen molar-refractivity contribution >= 4 is 29.6 Å². The molecule has 5 atom stereocenters. The van der Waals surface area contributed by atoms with Gasteiger partial charge in [0.2, 0.25) is 23.6 Å². The number of amides is 4. The zero-order valence-corrected chi connectivity index (χ0v) is 16.4. The van der Waals surface area contributed by atoms with Gasteiger partial charge in [0.25, 0.3) is 0 Å². The van der Waals surface area contributed by atoms with Crippen molar-refractivity contribution in [2.75, 3.05) is 6.61 Å². The van der Waals surface area contributed by atoms with Gasteiger partial charge in [-0.3, -0.25) is 19.2 Å². The molecule has 5 unspecified atom stereocenters. The van der Waals surface area contributed by atoms with Crippen LogP contribution in [0.3, 0.4) is 0 Å². The van der Waals surface area contributed by atoms with Gasteiger partial charge in [-0.2, -0.15) is 0 Å². The molecule has 0 heterocycles. The Hall–Kier alpha value is -2.77. The molecule has 0 aliphatic carbocycles. The summed E-state index contributed by atoms with van der Waals surface area (Å²) < 4.78 is 0. The van der Waals surface area contributed by atoms with Crippen LogP contribution in [0.25, 0.3) is 0 Å². The molecule has 0 aliphatic rings. The number of hydrogen-bond donors (Lipinski definition) is 8. The number of hydrogen-bond acceptors (Lipinski definition) is 8. The Kier molecular flexibility index (Phi) is 10.8. The maximum atomic E-state index is 12.4. The molecule has 0 saturated heterocycles. The highest BCUT2D eigenvalue weighted by atomic mass is 16.4. The van der Waals surface area contributed by atoms with Crippen LogP contribution in [-0.2, 0) is 24.0 Å². The van der Waals surface area contributed by atoms with Crippen molar-refractivity contribution in [1.29, 1.82) is 0 Å². The van der Waals surface area contributed by atoms with Crippen LogP contribution in [0, 0.1) is 5.92 Å². The van der Waals surface area contributed by atoms with Gasteiger partial charge in [0, 0.05) is 0 Å². The monoisotopic (exact) mass is 419 g/mol. The number of aliphatic hydroxyl groups excluding tert-OH is 2. The molecule has 0 saturated carbocycles. The second-order valence-electron chi connectivity index (χ2n) is 6.81. The molecule has 0 rings (SSSR count). The molecule has 13 heteroatoms. The molecule has 0 aromatic carbocycles. The van der Waals surface area contributed by atoms with E-state index in [0.717, 1.165) is 6.92 Å². The molecule has 29 heavy (non-hydrogen) atoms. The first kappa shape index (κ1) is 26.2. The quantitative estimate of drug-likeness (QED) is 0.153. The summed E-state index contributed by atoms with van der Waals surface area (Å²) in [6.07, 6.45) is -2.06. The number of rotatable bonds is 12. The predicted molar refractivity (Wildman–Crippen MR) is 98.8 cm³/mol. The molecule has 0 aromatic heterocycles. The Labute approximate surface area is 167 Å². The molecule has 0 aromatic rings. The fraction of sp³-hybridized carbons (Fsp3) is 0.688. The van der Waals surface area contributed by atoms with Gasteiger partial charge in [-0.1, -0.05) is 13.8 Å². The zero-order valence-electron chi connectivity index (χ0n) is 16.4. The molecule has 0 aliphatic heterocycles. The highest BCUT2D eigenvalue weighted by molar-refractivity contribution is 5.96. The summed E-state index contributed by atoms with van der Waals surface area (Å²) in [5, 5.41) is 34.0. The third-order valence-corrected chi connectivity index (χ3v) is 3.92. The molecule has 10 N–H and O–H groups in total. The first-order valence-electron chi connectivity index (χ1n) is 8.78. The van der Waals surface area contributed by atoms with Crippen LogP contribution in [0.15, 0.2) is 0 Å². The molecular formula is C16H29N5O8. The fourth-order valence-corrected chi connectivity index (χ4v) is 2.09. The molecule has 0 fully saturated rings. The lowest BCUT2D eigenvalue weighted by atomic mass is 10.0. The Morgan fingerprint density at radius 3 is 1.76 bits per heavy atom. The lowest BCUT2D eigenvalue weighted by Crippen LogP contribution is -2.59.